The van der Waals surface area contributed by atoms with Crippen molar-refractivity contribution in [2.75, 3.05) is 17.8 Å². The van der Waals surface area contributed by atoms with Gasteiger partial charge in [0.25, 0.3) is 15.6 Å². The molecule has 2 aliphatic rings. The number of nitrogens with zero attached hydrogens (tertiary/aromatic N) is 3. The summed E-state index contributed by atoms with van der Waals surface area (Å²) in [5.41, 5.74) is 3.08. The van der Waals surface area contributed by atoms with Crippen LogP contribution in [0.5, 0.6) is 0 Å². The molecule has 9 heteroatoms. The zero-order valence-electron chi connectivity index (χ0n) is 19.9. The summed E-state index contributed by atoms with van der Waals surface area (Å²) in [4.78, 5) is 15.5. The molecule has 2 aromatic heterocycles. The summed E-state index contributed by atoms with van der Waals surface area (Å²) in [5, 5.41) is 1.27. The van der Waals surface area contributed by atoms with Gasteiger partial charge in [-0.3, -0.25) is 14.4 Å². The van der Waals surface area contributed by atoms with Crippen molar-refractivity contribution in [3.05, 3.63) is 94.3 Å². The number of hydrogen-bond acceptors (Lipinski definition) is 4. The first kappa shape index (κ1) is 23.0. The topological polar surface area (TPSA) is 76.3 Å². The van der Waals surface area contributed by atoms with E-state index in [1.54, 1.807) is 4.57 Å². The molecule has 2 atom stereocenters. The average Bonchev–Trinajstić information content (AvgIpc) is 3.16. The van der Waals surface area contributed by atoms with Crippen LogP contribution in [0.1, 0.15) is 23.6 Å². The number of aromatic nitrogens is 2. The van der Waals surface area contributed by atoms with Gasteiger partial charge < -0.3 is 9.13 Å². The zero-order chi connectivity index (χ0) is 25.0. The molecule has 1 saturated heterocycles. The van der Waals surface area contributed by atoms with Crippen LogP contribution in [0.4, 0.5) is 10.1 Å². The maximum absolute atomic E-state index is 13.6. The third-order valence-electron chi connectivity index (χ3n) is 7.40. The van der Waals surface area contributed by atoms with Crippen LogP contribution in [0.3, 0.4) is 0 Å². The number of nitrogens with one attached hydrogen (secondary N) is 1. The highest BCUT2D eigenvalue weighted by Crippen LogP contribution is 2.36. The first-order chi connectivity index (χ1) is 17.3. The SMILES string of the molecule is Cn1cc(CN2C[C@@H]3C[C@H](C2)c2ccc(NS(=O)(=O)c4cccc(F)c4)c(=O)n2C3)c2ccccc21. The van der Waals surface area contributed by atoms with Crippen LogP contribution in [-0.4, -0.2) is 35.5 Å². The second-order valence-corrected chi connectivity index (χ2v) is 11.6. The molecule has 6 rings (SSSR count). The summed E-state index contributed by atoms with van der Waals surface area (Å²) in [6.07, 6.45) is 3.21. The van der Waals surface area contributed by atoms with Gasteiger partial charge in [0.2, 0.25) is 0 Å². The Bertz CT molecular complexity index is 1640. The Kier molecular flexibility index (Phi) is 5.49. The van der Waals surface area contributed by atoms with Crippen molar-refractivity contribution in [2.45, 2.75) is 30.3 Å². The third kappa shape index (κ3) is 4.02. The Balaban J connectivity index is 1.25. The van der Waals surface area contributed by atoms with Crippen molar-refractivity contribution in [1.29, 1.82) is 0 Å². The van der Waals surface area contributed by atoms with E-state index in [4.69, 9.17) is 0 Å². The smallest absolute Gasteiger partial charge is 0.275 e. The molecule has 36 heavy (non-hydrogen) atoms. The Morgan fingerprint density at radius 3 is 2.69 bits per heavy atom. The molecule has 0 radical (unpaired) electrons. The van der Waals surface area contributed by atoms with Crippen molar-refractivity contribution >= 4 is 26.6 Å². The van der Waals surface area contributed by atoms with Crippen molar-refractivity contribution < 1.29 is 12.8 Å². The molecule has 0 amide bonds. The van der Waals surface area contributed by atoms with E-state index >= 15 is 0 Å². The predicted molar refractivity (Wildman–Crippen MR) is 137 cm³/mol. The van der Waals surface area contributed by atoms with Crippen molar-refractivity contribution in [3.8, 4) is 0 Å². The van der Waals surface area contributed by atoms with Gasteiger partial charge >= 0.3 is 0 Å². The number of likely N-dealkylation sites (tertiary alicyclic amines) is 1. The van der Waals surface area contributed by atoms with Crippen molar-refractivity contribution in [2.24, 2.45) is 13.0 Å². The van der Waals surface area contributed by atoms with Gasteiger partial charge in [-0.2, -0.15) is 0 Å². The Morgan fingerprint density at radius 1 is 1.03 bits per heavy atom. The number of rotatable bonds is 5. The molecule has 0 unspecified atom stereocenters. The molecule has 2 aliphatic heterocycles. The summed E-state index contributed by atoms with van der Waals surface area (Å²) < 4.78 is 45.3. The van der Waals surface area contributed by atoms with E-state index in [2.05, 4.69) is 51.7 Å². The van der Waals surface area contributed by atoms with Gasteiger partial charge in [0.05, 0.1) is 4.90 Å². The van der Waals surface area contributed by atoms with Crippen molar-refractivity contribution in [3.63, 3.8) is 0 Å². The van der Waals surface area contributed by atoms with E-state index in [1.807, 2.05) is 6.07 Å². The van der Waals surface area contributed by atoms with Gasteiger partial charge in [-0.25, -0.2) is 12.8 Å². The predicted octanol–water partition coefficient (Wildman–Crippen LogP) is 3.90. The van der Waals surface area contributed by atoms with Crippen LogP contribution in [-0.2, 0) is 30.2 Å². The van der Waals surface area contributed by atoms with Gasteiger partial charge in [0.1, 0.15) is 11.5 Å². The average molecular weight is 507 g/mol. The molecule has 186 valence electrons. The van der Waals surface area contributed by atoms with Crippen LogP contribution in [0.25, 0.3) is 10.9 Å². The number of halogens is 1. The summed E-state index contributed by atoms with van der Waals surface area (Å²) in [6, 6.07) is 16.6. The number of piperidine rings is 1. The van der Waals surface area contributed by atoms with Gasteiger partial charge in [0.15, 0.2) is 0 Å². The first-order valence-corrected chi connectivity index (χ1v) is 13.5. The highest BCUT2D eigenvalue weighted by molar-refractivity contribution is 7.92. The third-order valence-corrected chi connectivity index (χ3v) is 8.77. The highest BCUT2D eigenvalue weighted by atomic mass is 32.2. The first-order valence-electron chi connectivity index (χ1n) is 12.1. The second-order valence-electron chi connectivity index (χ2n) is 9.93. The molecule has 7 nitrogen and oxygen atoms in total. The van der Waals surface area contributed by atoms with Gasteiger partial charge in [-0.15, -0.1) is 0 Å². The number of aryl methyl sites for hydroxylation is 1. The van der Waals surface area contributed by atoms with Crippen molar-refractivity contribution in [1.82, 2.24) is 14.0 Å². The maximum atomic E-state index is 13.6. The minimum absolute atomic E-state index is 0.0180. The number of pyridine rings is 1. The van der Waals surface area contributed by atoms with E-state index in [0.29, 0.717) is 12.5 Å². The molecule has 2 bridgehead atoms. The zero-order valence-corrected chi connectivity index (χ0v) is 20.7. The lowest BCUT2D eigenvalue weighted by Gasteiger charge is -2.43. The molecular weight excluding hydrogens is 479 g/mol. The number of sulfonamides is 1. The normalized spacial score (nSPS) is 19.8. The van der Waals surface area contributed by atoms with Gasteiger partial charge in [-0.05, 0) is 54.3 Å². The summed E-state index contributed by atoms with van der Waals surface area (Å²) in [6.45, 7) is 3.12. The minimum atomic E-state index is -4.08. The Morgan fingerprint density at radius 2 is 1.86 bits per heavy atom. The fourth-order valence-electron chi connectivity index (χ4n) is 5.88. The molecule has 4 aromatic rings. The van der Waals surface area contributed by atoms with Crippen LogP contribution >= 0.6 is 0 Å². The fraction of sp³-hybridized carbons (Fsp3) is 0.296. The lowest BCUT2D eigenvalue weighted by atomic mass is 9.83. The molecule has 4 heterocycles. The van der Waals surface area contributed by atoms with Crippen LogP contribution in [0.15, 0.2) is 76.6 Å². The van der Waals surface area contributed by atoms with E-state index in [9.17, 15) is 17.6 Å². The van der Waals surface area contributed by atoms with Crippen LogP contribution in [0.2, 0.25) is 0 Å². The molecule has 0 spiro atoms. The standard InChI is InChI=1S/C27H27FN4O3S/c1-30-15-20(23-7-2-3-8-26(23)30)17-31-13-18-11-19(16-31)25-10-9-24(27(33)32(25)14-18)29-36(34,35)22-6-4-5-21(28)12-22/h2-10,12,15,18-19,29H,11,13-14,16-17H2,1H3/t18-,19+/m0/s1. The highest BCUT2D eigenvalue weighted by Gasteiger charge is 2.35. The lowest BCUT2D eigenvalue weighted by molar-refractivity contribution is 0.115. The fourth-order valence-corrected chi connectivity index (χ4v) is 6.97. The summed E-state index contributed by atoms with van der Waals surface area (Å²) in [7, 11) is -2.01. The largest absolute Gasteiger partial charge is 0.350 e. The summed E-state index contributed by atoms with van der Waals surface area (Å²) in [5.74, 6) is -0.144. The van der Waals surface area contributed by atoms with E-state index in [0.717, 1.165) is 37.8 Å². The van der Waals surface area contributed by atoms with Crippen LogP contribution < -0.4 is 10.3 Å². The second kappa shape index (κ2) is 8.60. The molecule has 1 N–H and O–H groups in total. The van der Waals surface area contributed by atoms with E-state index in [-0.39, 0.29) is 22.1 Å². The Hall–Kier alpha value is -3.43. The molecule has 2 aromatic carbocycles. The number of hydrogen-bond donors (Lipinski definition) is 1. The number of fused-ring (bicyclic) bond motifs is 5. The monoisotopic (exact) mass is 506 g/mol. The molecular formula is C27H27FN4O3S. The number of anilines is 1. The van der Waals surface area contributed by atoms with E-state index < -0.39 is 15.8 Å². The van der Waals surface area contributed by atoms with Gasteiger partial charge in [-0.1, -0.05) is 24.3 Å². The molecule has 0 aliphatic carbocycles. The maximum Gasteiger partial charge on any atom is 0.275 e. The number of para-hydroxylation sites is 1. The summed E-state index contributed by atoms with van der Waals surface area (Å²) >= 11 is 0. The quantitative estimate of drug-likeness (QED) is 0.446. The minimum Gasteiger partial charge on any atom is -0.350 e. The molecule has 1 fully saturated rings. The van der Waals surface area contributed by atoms with E-state index in [1.165, 1.54) is 40.7 Å². The lowest BCUT2D eigenvalue weighted by Crippen LogP contribution is -2.47. The Labute approximate surface area is 208 Å². The van der Waals surface area contributed by atoms with Crippen LogP contribution in [0, 0.1) is 11.7 Å². The molecule has 0 saturated carbocycles. The van der Waals surface area contributed by atoms with Gasteiger partial charge in [0, 0.05) is 61.9 Å². The number of benzene rings is 2.